The van der Waals surface area contributed by atoms with Gasteiger partial charge in [0.1, 0.15) is 6.20 Å². The SMILES string of the molecule is CCn1cc(/C=N\n2c(=O)cn[nH]c2=S)c2ccccc21. The van der Waals surface area contributed by atoms with Crippen molar-refractivity contribution in [2.45, 2.75) is 13.5 Å². The highest BCUT2D eigenvalue weighted by atomic mass is 32.1. The summed E-state index contributed by atoms with van der Waals surface area (Å²) in [6.07, 6.45) is 4.79. The average Bonchev–Trinajstić information content (AvgIpc) is 2.85. The van der Waals surface area contributed by atoms with Crippen molar-refractivity contribution in [1.82, 2.24) is 19.4 Å². The lowest BCUT2D eigenvalue weighted by Gasteiger charge is -1.97. The summed E-state index contributed by atoms with van der Waals surface area (Å²) in [6.45, 7) is 2.95. The Bertz CT molecular complexity index is 906. The van der Waals surface area contributed by atoms with Gasteiger partial charge in [-0.3, -0.25) is 9.89 Å². The molecule has 7 heteroatoms. The Labute approximate surface area is 125 Å². The van der Waals surface area contributed by atoms with E-state index in [0.717, 1.165) is 33.9 Å². The second-order valence-corrected chi connectivity index (χ2v) is 4.84. The van der Waals surface area contributed by atoms with Crippen LogP contribution in [0.3, 0.4) is 0 Å². The predicted molar refractivity (Wildman–Crippen MR) is 84.3 cm³/mol. The maximum atomic E-state index is 11.7. The zero-order valence-corrected chi connectivity index (χ0v) is 12.2. The number of aromatic nitrogens is 4. The molecule has 6 nitrogen and oxygen atoms in total. The molecule has 0 radical (unpaired) electrons. The first-order valence-electron chi connectivity index (χ1n) is 6.49. The van der Waals surface area contributed by atoms with Crippen LogP contribution in [0.15, 0.2) is 46.6 Å². The monoisotopic (exact) mass is 299 g/mol. The minimum absolute atomic E-state index is 0.165. The third-order valence-electron chi connectivity index (χ3n) is 3.21. The maximum absolute atomic E-state index is 11.7. The fraction of sp³-hybridized carbons (Fsp3) is 0.143. The molecule has 1 N–H and O–H groups in total. The van der Waals surface area contributed by atoms with E-state index in [9.17, 15) is 4.79 Å². The van der Waals surface area contributed by atoms with Crippen molar-refractivity contribution in [2.75, 3.05) is 0 Å². The van der Waals surface area contributed by atoms with Crippen molar-refractivity contribution in [1.29, 1.82) is 0 Å². The number of aryl methyl sites for hydroxylation is 1. The molecule has 0 saturated carbocycles. The van der Waals surface area contributed by atoms with E-state index in [1.807, 2.05) is 24.4 Å². The molecule has 0 aliphatic carbocycles. The highest BCUT2D eigenvalue weighted by Crippen LogP contribution is 2.19. The molecule has 0 aliphatic heterocycles. The highest BCUT2D eigenvalue weighted by Gasteiger charge is 2.05. The summed E-state index contributed by atoms with van der Waals surface area (Å²) in [5.41, 5.74) is 1.70. The Hall–Kier alpha value is -2.54. The second-order valence-electron chi connectivity index (χ2n) is 4.46. The van der Waals surface area contributed by atoms with E-state index < -0.39 is 0 Å². The van der Waals surface area contributed by atoms with E-state index in [1.54, 1.807) is 6.21 Å². The van der Waals surface area contributed by atoms with Crippen LogP contribution >= 0.6 is 12.2 Å². The number of nitrogens with one attached hydrogen (secondary N) is 1. The maximum Gasteiger partial charge on any atom is 0.293 e. The normalized spacial score (nSPS) is 11.5. The molecule has 0 unspecified atom stereocenters. The summed E-state index contributed by atoms with van der Waals surface area (Å²) in [5.74, 6) is 0. The van der Waals surface area contributed by atoms with Crippen molar-refractivity contribution < 1.29 is 0 Å². The minimum atomic E-state index is -0.366. The Balaban J connectivity index is 2.12. The van der Waals surface area contributed by atoms with Crippen LogP contribution in [0.4, 0.5) is 0 Å². The van der Waals surface area contributed by atoms with Crippen molar-refractivity contribution >= 4 is 29.3 Å². The first-order valence-corrected chi connectivity index (χ1v) is 6.90. The molecule has 0 fully saturated rings. The highest BCUT2D eigenvalue weighted by molar-refractivity contribution is 7.71. The molecule has 2 heterocycles. The standard InChI is InChI=1S/C14H13N5OS/c1-2-18-9-10(11-5-3-4-6-12(11)18)7-16-19-13(20)8-15-17-14(19)21/h3-9H,2H2,1H3,(H,17,21)/b16-7-. The molecular formula is C14H13N5OS. The Morgan fingerprint density at radius 2 is 2.24 bits per heavy atom. The van der Waals surface area contributed by atoms with Gasteiger partial charge < -0.3 is 4.57 Å². The second kappa shape index (κ2) is 5.45. The van der Waals surface area contributed by atoms with E-state index in [1.165, 1.54) is 0 Å². The van der Waals surface area contributed by atoms with Crippen molar-refractivity contribution in [3.05, 3.63) is 57.3 Å². The van der Waals surface area contributed by atoms with Crippen LogP contribution in [0.5, 0.6) is 0 Å². The van der Waals surface area contributed by atoms with Gasteiger partial charge in [0.15, 0.2) is 0 Å². The van der Waals surface area contributed by atoms with Gasteiger partial charge in [-0.15, -0.1) is 0 Å². The van der Waals surface area contributed by atoms with Gasteiger partial charge in [0.2, 0.25) is 4.77 Å². The topological polar surface area (TPSA) is 68.0 Å². The molecule has 3 rings (SSSR count). The summed E-state index contributed by atoms with van der Waals surface area (Å²) < 4.78 is 3.41. The van der Waals surface area contributed by atoms with Crippen LogP contribution in [0.1, 0.15) is 12.5 Å². The van der Waals surface area contributed by atoms with Crippen LogP contribution < -0.4 is 5.56 Å². The Morgan fingerprint density at radius 1 is 1.43 bits per heavy atom. The third kappa shape index (κ3) is 2.43. The molecular weight excluding hydrogens is 286 g/mol. The average molecular weight is 299 g/mol. The molecule has 0 spiro atoms. The summed E-state index contributed by atoms with van der Waals surface area (Å²) >= 11 is 5.00. The fourth-order valence-electron chi connectivity index (χ4n) is 2.21. The molecule has 0 aliphatic rings. The van der Waals surface area contributed by atoms with E-state index in [0.29, 0.717) is 0 Å². The number of para-hydroxylation sites is 1. The fourth-order valence-corrected chi connectivity index (χ4v) is 2.40. The quantitative estimate of drug-likeness (QED) is 0.595. The summed E-state index contributed by atoms with van der Waals surface area (Å²) in [6, 6.07) is 8.06. The summed E-state index contributed by atoms with van der Waals surface area (Å²) in [5, 5.41) is 11.4. The van der Waals surface area contributed by atoms with Gasteiger partial charge in [-0.1, -0.05) is 18.2 Å². The Kier molecular flexibility index (Phi) is 3.49. The number of aromatic amines is 1. The first kappa shape index (κ1) is 13.4. The van der Waals surface area contributed by atoms with Gasteiger partial charge in [0, 0.05) is 29.2 Å². The number of hydrogen-bond donors (Lipinski definition) is 1. The number of nitrogens with zero attached hydrogens (tertiary/aromatic N) is 4. The van der Waals surface area contributed by atoms with Gasteiger partial charge in [-0.05, 0) is 25.2 Å². The lowest BCUT2D eigenvalue weighted by molar-refractivity contribution is 0.738. The number of benzene rings is 1. The van der Waals surface area contributed by atoms with E-state index in [4.69, 9.17) is 12.2 Å². The van der Waals surface area contributed by atoms with Crippen LogP contribution in [-0.2, 0) is 6.54 Å². The molecule has 0 atom stereocenters. The molecule has 2 aromatic heterocycles. The molecule has 21 heavy (non-hydrogen) atoms. The molecule has 1 aromatic carbocycles. The van der Waals surface area contributed by atoms with Crippen LogP contribution in [0, 0.1) is 4.77 Å². The Morgan fingerprint density at radius 3 is 3.00 bits per heavy atom. The van der Waals surface area contributed by atoms with Gasteiger partial charge >= 0.3 is 0 Å². The van der Waals surface area contributed by atoms with E-state index >= 15 is 0 Å². The molecule has 0 amide bonds. The largest absolute Gasteiger partial charge is 0.347 e. The predicted octanol–water partition coefficient (Wildman–Crippen LogP) is 2.16. The van der Waals surface area contributed by atoms with Gasteiger partial charge in [-0.2, -0.15) is 14.9 Å². The third-order valence-corrected chi connectivity index (χ3v) is 3.47. The summed E-state index contributed by atoms with van der Waals surface area (Å²) in [4.78, 5) is 11.7. The van der Waals surface area contributed by atoms with Crippen LogP contribution in [0.2, 0.25) is 0 Å². The minimum Gasteiger partial charge on any atom is -0.347 e. The lowest BCUT2D eigenvalue weighted by atomic mass is 10.2. The van der Waals surface area contributed by atoms with E-state index in [-0.39, 0.29) is 10.3 Å². The number of rotatable bonds is 3. The van der Waals surface area contributed by atoms with Crippen LogP contribution in [0.25, 0.3) is 10.9 Å². The van der Waals surface area contributed by atoms with Crippen LogP contribution in [-0.4, -0.2) is 25.7 Å². The van der Waals surface area contributed by atoms with Crippen molar-refractivity contribution in [3.8, 4) is 0 Å². The number of hydrogen-bond acceptors (Lipinski definition) is 4. The smallest absolute Gasteiger partial charge is 0.293 e. The van der Waals surface area contributed by atoms with Crippen molar-refractivity contribution in [3.63, 3.8) is 0 Å². The van der Waals surface area contributed by atoms with Gasteiger partial charge in [-0.25, -0.2) is 0 Å². The molecule has 3 aromatic rings. The van der Waals surface area contributed by atoms with Gasteiger partial charge in [0.25, 0.3) is 5.56 Å². The zero-order valence-electron chi connectivity index (χ0n) is 11.4. The van der Waals surface area contributed by atoms with E-state index in [2.05, 4.69) is 32.9 Å². The number of H-pyrrole nitrogens is 1. The lowest BCUT2D eigenvalue weighted by Crippen LogP contribution is -2.18. The van der Waals surface area contributed by atoms with Gasteiger partial charge in [0.05, 0.1) is 6.21 Å². The summed E-state index contributed by atoms with van der Waals surface area (Å²) in [7, 11) is 0. The molecule has 106 valence electrons. The molecule has 0 saturated heterocycles. The zero-order chi connectivity index (χ0) is 14.8. The molecule has 0 bridgehead atoms. The van der Waals surface area contributed by atoms with Crippen molar-refractivity contribution in [2.24, 2.45) is 5.10 Å². The first-order chi connectivity index (χ1) is 10.2. The number of fused-ring (bicyclic) bond motifs is 1.